The topological polar surface area (TPSA) is 43.8 Å². The maximum atomic E-state index is 6.34. The van der Waals surface area contributed by atoms with Crippen molar-refractivity contribution in [2.75, 3.05) is 6.54 Å². The van der Waals surface area contributed by atoms with E-state index in [1.807, 2.05) is 18.2 Å². The Morgan fingerprint density at radius 2 is 2.11 bits per heavy atom. The highest BCUT2D eigenvalue weighted by molar-refractivity contribution is 6.35. The second-order valence-corrected chi connectivity index (χ2v) is 5.72. The zero-order valence-electron chi connectivity index (χ0n) is 11.9. The molecule has 0 saturated heterocycles. The standard InChI is InChI=1S/C15H22ClN3/c1-4-11(9-17)8-14-18-13-7-5-6-12(16)15(13)19(14)10(2)3/h5-7,10-11H,4,8-9,17H2,1-3H3. The molecule has 3 nitrogen and oxygen atoms in total. The molecule has 0 amide bonds. The number of nitrogens with zero attached hydrogens (tertiary/aromatic N) is 2. The van der Waals surface area contributed by atoms with Gasteiger partial charge in [0.15, 0.2) is 0 Å². The molecule has 2 rings (SSSR count). The van der Waals surface area contributed by atoms with Crippen molar-refractivity contribution in [2.24, 2.45) is 11.7 Å². The van der Waals surface area contributed by atoms with Gasteiger partial charge in [0.25, 0.3) is 0 Å². The SMILES string of the molecule is CCC(CN)Cc1nc2cccc(Cl)c2n1C(C)C. The number of benzene rings is 1. The van der Waals surface area contributed by atoms with Crippen LogP contribution in [0.5, 0.6) is 0 Å². The maximum Gasteiger partial charge on any atom is 0.110 e. The van der Waals surface area contributed by atoms with Crippen LogP contribution in [-0.4, -0.2) is 16.1 Å². The molecule has 4 heteroatoms. The number of imidazole rings is 1. The number of rotatable bonds is 5. The van der Waals surface area contributed by atoms with Crippen molar-refractivity contribution in [1.82, 2.24) is 9.55 Å². The van der Waals surface area contributed by atoms with Crippen LogP contribution in [0.1, 0.15) is 39.1 Å². The van der Waals surface area contributed by atoms with Crippen molar-refractivity contribution in [2.45, 2.75) is 39.7 Å². The van der Waals surface area contributed by atoms with Crippen molar-refractivity contribution in [3.8, 4) is 0 Å². The van der Waals surface area contributed by atoms with Gasteiger partial charge < -0.3 is 10.3 Å². The summed E-state index contributed by atoms with van der Waals surface area (Å²) in [5, 5.41) is 0.769. The summed E-state index contributed by atoms with van der Waals surface area (Å²) in [6, 6.07) is 6.24. The number of para-hydroxylation sites is 1. The second kappa shape index (κ2) is 5.93. The normalized spacial score (nSPS) is 13.4. The van der Waals surface area contributed by atoms with Gasteiger partial charge in [0.1, 0.15) is 5.82 Å². The number of fused-ring (bicyclic) bond motifs is 1. The summed E-state index contributed by atoms with van der Waals surface area (Å²) in [6.45, 7) is 7.20. The molecule has 0 saturated carbocycles. The fourth-order valence-corrected chi connectivity index (χ4v) is 2.77. The van der Waals surface area contributed by atoms with Gasteiger partial charge >= 0.3 is 0 Å². The summed E-state index contributed by atoms with van der Waals surface area (Å²) in [4.78, 5) is 4.75. The van der Waals surface area contributed by atoms with Crippen molar-refractivity contribution in [3.05, 3.63) is 29.0 Å². The largest absolute Gasteiger partial charge is 0.330 e. The van der Waals surface area contributed by atoms with E-state index < -0.39 is 0 Å². The predicted molar refractivity (Wildman–Crippen MR) is 81.7 cm³/mol. The van der Waals surface area contributed by atoms with Crippen LogP contribution in [0.25, 0.3) is 11.0 Å². The number of hydrogen-bond acceptors (Lipinski definition) is 2. The van der Waals surface area contributed by atoms with Crippen LogP contribution in [0.4, 0.5) is 0 Å². The van der Waals surface area contributed by atoms with E-state index in [0.29, 0.717) is 18.5 Å². The Morgan fingerprint density at radius 1 is 1.37 bits per heavy atom. The summed E-state index contributed by atoms with van der Waals surface area (Å²) in [7, 11) is 0. The van der Waals surface area contributed by atoms with E-state index in [-0.39, 0.29) is 0 Å². The van der Waals surface area contributed by atoms with Gasteiger partial charge in [0, 0.05) is 12.5 Å². The molecular weight excluding hydrogens is 258 g/mol. The van der Waals surface area contributed by atoms with E-state index >= 15 is 0 Å². The summed E-state index contributed by atoms with van der Waals surface area (Å²) in [5.74, 6) is 1.57. The maximum absolute atomic E-state index is 6.34. The molecule has 104 valence electrons. The average Bonchev–Trinajstić information content (AvgIpc) is 2.75. The minimum absolute atomic E-state index is 0.343. The van der Waals surface area contributed by atoms with Gasteiger partial charge in [-0.25, -0.2) is 4.98 Å². The molecule has 0 radical (unpaired) electrons. The van der Waals surface area contributed by atoms with E-state index in [4.69, 9.17) is 22.3 Å². The van der Waals surface area contributed by atoms with Gasteiger partial charge in [-0.3, -0.25) is 0 Å². The molecule has 1 heterocycles. The van der Waals surface area contributed by atoms with Crippen molar-refractivity contribution in [3.63, 3.8) is 0 Å². The highest BCUT2D eigenvalue weighted by Gasteiger charge is 2.17. The van der Waals surface area contributed by atoms with E-state index in [9.17, 15) is 0 Å². The first kappa shape index (κ1) is 14.4. The molecule has 1 aromatic carbocycles. The highest BCUT2D eigenvalue weighted by Crippen LogP contribution is 2.28. The number of nitrogens with two attached hydrogens (primary N) is 1. The molecule has 0 aliphatic carbocycles. The smallest absolute Gasteiger partial charge is 0.110 e. The lowest BCUT2D eigenvalue weighted by Gasteiger charge is -2.17. The third kappa shape index (κ3) is 2.77. The van der Waals surface area contributed by atoms with Gasteiger partial charge in [-0.1, -0.05) is 31.0 Å². The lowest BCUT2D eigenvalue weighted by molar-refractivity contribution is 0.478. The minimum Gasteiger partial charge on any atom is -0.330 e. The molecule has 0 aliphatic heterocycles. The van der Waals surface area contributed by atoms with Gasteiger partial charge in [0.2, 0.25) is 0 Å². The van der Waals surface area contributed by atoms with Gasteiger partial charge in [0.05, 0.1) is 16.1 Å². The van der Waals surface area contributed by atoms with Crippen LogP contribution in [0.15, 0.2) is 18.2 Å². The average molecular weight is 280 g/mol. The second-order valence-electron chi connectivity index (χ2n) is 5.31. The molecule has 1 unspecified atom stereocenters. The van der Waals surface area contributed by atoms with E-state index in [2.05, 4.69) is 25.3 Å². The number of hydrogen-bond donors (Lipinski definition) is 1. The van der Waals surface area contributed by atoms with Crippen molar-refractivity contribution in [1.29, 1.82) is 0 Å². The first-order valence-corrected chi connectivity index (χ1v) is 7.31. The van der Waals surface area contributed by atoms with Crippen LogP contribution >= 0.6 is 11.6 Å². The van der Waals surface area contributed by atoms with Crippen LogP contribution in [-0.2, 0) is 6.42 Å². The fourth-order valence-electron chi connectivity index (χ4n) is 2.51. The lowest BCUT2D eigenvalue weighted by Crippen LogP contribution is -2.19. The van der Waals surface area contributed by atoms with Crippen molar-refractivity contribution >= 4 is 22.6 Å². The van der Waals surface area contributed by atoms with Gasteiger partial charge in [-0.2, -0.15) is 0 Å². The molecule has 1 aromatic heterocycles. The van der Waals surface area contributed by atoms with Crippen LogP contribution < -0.4 is 5.73 Å². The summed E-state index contributed by atoms with van der Waals surface area (Å²) < 4.78 is 2.25. The Hall–Kier alpha value is -1.06. The zero-order chi connectivity index (χ0) is 14.0. The monoisotopic (exact) mass is 279 g/mol. The molecule has 0 bridgehead atoms. The van der Waals surface area contributed by atoms with Crippen LogP contribution in [0.3, 0.4) is 0 Å². The zero-order valence-corrected chi connectivity index (χ0v) is 12.6. The Kier molecular flexibility index (Phi) is 4.48. The van der Waals surface area contributed by atoms with E-state index in [1.54, 1.807) is 0 Å². The molecule has 19 heavy (non-hydrogen) atoms. The quantitative estimate of drug-likeness (QED) is 0.905. The third-order valence-electron chi connectivity index (χ3n) is 3.63. The lowest BCUT2D eigenvalue weighted by atomic mass is 10.0. The first-order chi connectivity index (χ1) is 9.08. The third-order valence-corrected chi connectivity index (χ3v) is 3.94. The Bertz CT molecular complexity index is 556. The van der Waals surface area contributed by atoms with Crippen molar-refractivity contribution < 1.29 is 0 Å². The summed E-state index contributed by atoms with van der Waals surface area (Å²) in [5.41, 5.74) is 7.84. The first-order valence-electron chi connectivity index (χ1n) is 6.93. The molecule has 0 spiro atoms. The Morgan fingerprint density at radius 3 is 2.68 bits per heavy atom. The van der Waals surface area contributed by atoms with Crippen LogP contribution in [0, 0.1) is 5.92 Å². The molecule has 0 aliphatic rings. The number of halogens is 1. The van der Waals surface area contributed by atoms with E-state index in [0.717, 1.165) is 34.7 Å². The molecule has 2 aromatic rings. The summed E-state index contributed by atoms with van der Waals surface area (Å²) >= 11 is 6.34. The molecular formula is C15H22ClN3. The Balaban J connectivity index is 2.54. The van der Waals surface area contributed by atoms with E-state index in [1.165, 1.54) is 0 Å². The fraction of sp³-hybridized carbons (Fsp3) is 0.533. The highest BCUT2D eigenvalue weighted by atomic mass is 35.5. The van der Waals surface area contributed by atoms with Crippen LogP contribution in [0.2, 0.25) is 5.02 Å². The van der Waals surface area contributed by atoms with Gasteiger partial charge in [-0.05, 0) is 38.4 Å². The molecule has 2 N–H and O–H groups in total. The number of aromatic nitrogens is 2. The minimum atomic E-state index is 0.343. The predicted octanol–water partition coefficient (Wildman–Crippen LogP) is 3.80. The summed E-state index contributed by atoms with van der Waals surface area (Å²) in [6.07, 6.45) is 1.99. The molecule has 1 atom stereocenters. The molecule has 0 fully saturated rings. The van der Waals surface area contributed by atoms with Gasteiger partial charge in [-0.15, -0.1) is 0 Å². The Labute approximate surface area is 119 Å².